The molecule has 7 nitrogen and oxygen atoms in total. The number of carbonyl (C=O) groups is 2. The van der Waals surface area contributed by atoms with Crippen molar-refractivity contribution in [3.05, 3.63) is 87.9 Å². The zero-order chi connectivity index (χ0) is 23.8. The molecule has 0 aromatic heterocycles. The predicted molar refractivity (Wildman–Crippen MR) is 127 cm³/mol. The highest BCUT2D eigenvalue weighted by atomic mass is 35.5. The van der Waals surface area contributed by atoms with E-state index >= 15 is 0 Å². The minimum Gasteiger partial charge on any atom is -0.493 e. The second-order valence-corrected chi connectivity index (χ2v) is 7.57. The molecule has 0 bridgehead atoms. The maximum atomic E-state index is 12.3. The number of carbonyl (C=O) groups excluding carboxylic acids is 2. The first kappa shape index (κ1) is 23.8. The number of hydrazone groups is 1. The Hall–Kier alpha value is -3.84. The summed E-state index contributed by atoms with van der Waals surface area (Å²) in [5, 5.41) is 4.45. The first-order valence-electron chi connectivity index (χ1n) is 10.0. The van der Waals surface area contributed by atoms with Crippen molar-refractivity contribution in [2.45, 2.75) is 13.8 Å². The van der Waals surface area contributed by atoms with Gasteiger partial charge in [0.2, 0.25) is 0 Å². The van der Waals surface area contributed by atoms with Crippen LogP contribution < -0.4 is 19.6 Å². The van der Waals surface area contributed by atoms with Gasteiger partial charge in [0.25, 0.3) is 5.91 Å². The molecule has 0 fully saturated rings. The Labute approximate surface area is 196 Å². The SMILES string of the molecule is COc1cc(/C=N/NC(=O)COc2ccc(C)c(C)c2)ccc1OC(=O)c1ccc(Cl)cc1. The van der Waals surface area contributed by atoms with E-state index < -0.39 is 11.9 Å². The number of rotatable bonds is 8. The first-order valence-corrected chi connectivity index (χ1v) is 10.4. The molecule has 8 heteroatoms. The van der Waals surface area contributed by atoms with Gasteiger partial charge in [0.05, 0.1) is 18.9 Å². The molecule has 0 saturated heterocycles. The van der Waals surface area contributed by atoms with Crippen molar-refractivity contribution in [2.75, 3.05) is 13.7 Å². The Morgan fingerprint density at radius 3 is 2.42 bits per heavy atom. The van der Waals surface area contributed by atoms with Crippen LogP contribution in [0.4, 0.5) is 0 Å². The standard InChI is InChI=1S/C25H23ClN2O5/c1-16-4-10-21(12-17(16)2)32-15-24(29)28-27-14-18-5-11-22(23(13-18)31-3)33-25(30)19-6-8-20(26)9-7-19/h4-14H,15H2,1-3H3,(H,28,29)/b27-14+. The van der Waals surface area contributed by atoms with Gasteiger partial charge in [-0.15, -0.1) is 0 Å². The fourth-order valence-corrected chi connectivity index (χ4v) is 2.88. The number of hydrogen-bond acceptors (Lipinski definition) is 6. The van der Waals surface area contributed by atoms with Crippen molar-refractivity contribution < 1.29 is 23.8 Å². The molecular weight excluding hydrogens is 444 g/mol. The molecule has 0 atom stereocenters. The van der Waals surface area contributed by atoms with E-state index in [9.17, 15) is 9.59 Å². The van der Waals surface area contributed by atoms with Crippen LogP contribution in [0.3, 0.4) is 0 Å². The third-order valence-electron chi connectivity index (χ3n) is 4.72. The maximum Gasteiger partial charge on any atom is 0.343 e. The zero-order valence-electron chi connectivity index (χ0n) is 18.4. The topological polar surface area (TPSA) is 86.2 Å². The predicted octanol–water partition coefficient (Wildman–Crippen LogP) is 4.71. The summed E-state index contributed by atoms with van der Waals surface area (Å²) in [6.07, 6.45) is 1.45. The number of amides is 1. The van der Waals surface area contributed by atoms with Crippen molar-refractivity contribution in [1.82, 2.24) is 5.43 Å². The fraction of sp³-hybridized carbons (Fsp3) is 0.160. The summed E-state index contributed by atoms with van der Waals surface area (Å²) < 4.78 is 16.2. The van der Waals surface area contributed by atoms with Gasteiger partial charge in [-0.1, -0.05) is 17.7 Å². The number of nitrogens with one attached hydrogen (secondary N) is 1. The van der Waals surface area contributed by atoms with Crippen molar-refractivity contribution in [3.63, 3.8) is 0 Å². The van der Waals surface area contributed by atoms with E-state index in [0.717, 1.165) is 11.1 Å². The molecule has 0 saturated carbocycles. The van der Waals surface area contributed by atoms with Crippen LogP contribution in [0.15, 0.2) is 65.8 Å². The second-order valence-electron chi connectivity index (χ2n) is 7.13. The number of ether oxygens (including phenoxy) is 3. The van der Waals surface area contributed by atoms with Crippen LogP contribution >= 0.6 is 11.6 Å². The number of hydrogen-bond donors (Lipinski definition) is 1. The van der Waals surface area contributed by atoms with Crippen LogP contribution in [0.2, 0.25) is 5.02 Å². The summed E-state index contributed by atoms with van der Waals surface area (Å²) in [4.78, 5) is 24.3. The Bertz CT molecular complexity index is 1180. The molecule has 0 aliphatic heterocycles. The van der Waals surface area contributed by atoms with Gasteiger partial charge < -0.3 is 14.2 Å². The molecule has 0 aliphatic rings. The molecule has 0 unspecified atom stereocenters. The van der Waals surface area contributed by atoms with Crippen molar-refractivity contribution in [3.8, 4) is 17.2 Å². The Morgan fingerprint density at radius 2 is 1.73 bits per heavy atom. The molecular formula is C25H23ClN2O5. The summed E-state index contributed by atoms with van der Waals surface area (Å²) >= 11 is 5.84. The molecule has 0 heterocycles. The van der Waals surface area contributed by atoms with Crippen LogP contribution in [0.25, 0.3) is 0 Å². The van der Waals surface area contributed by atoms with Gasteiger partial charge in [0.15, 0.2) is 18.1 Å². The van der Waals surface area contributed by atoms with Gasteiger partial charge in [0, 0.05) is 5.02 Å². The number of halogens is 1. The lowest BCUT2D eigenvalue weighted by atomic mass is 10.1. The number of methoxy groups -OCH3 is 1. The molecule has 1 N–H and O–H groups in total. The van der Waals surface area contributed by atoms with Gasteiger partial charge in [-0.25, -0.2) is 10.2 Å². The Kier molecular flexibility index (Phi) is 8.05. The quantitative estimate of drug-likeness (QED) is 0.225. The lowest BCUT2D eigenvalue weighted by molar-refractivity contribution is -0.123. The number of aryl methyl sites for hydroxylation is 2. The van der Waals surface area contributed by atoms with Crippen LogP contribution in [0.1, 0.15) is 27.0 Å². The highest BCUT2D eigenvalue weighted by Crippen LogP contribution is 2.28. The molecule has 3 rings (SSSR count). The fourth-order valence-electron chi connectivity index (χ4n) is 2.76. The summed E-state index contributed by atoms with van der Waals surface area (Å²) in [5.74, 6) is 0.268. The van der Waals surface area contributed by atoms with E-state index in [0.29, 0.717) is 27.6 Å². The largest absolute Gasteiger partial charge is 0.493 e. The first-order chi connectivity index (χ1) is 15.9. The van der Waals surface area contributed by atoms with E-state index in [1.165, 1.54) is 13.3 Å². The van der Waals surface area contributed by atoms with Crippen molar-refractivity contribution >= 4 is 29.7 Å². The van der Waals surface area contributed by atoms with Gasteiger partial charge >= 0.3 is 5.97 Å². The molecule has 0 aliphatic carbocycles. The number of nitrogens with zero attached hydrogens (tertiary/aromatic N) is 1. The van der Waals surface area contributed by atoms with Crippen LogP contribution in [0, 0.1) is 13.8 Å². The van der Waals surface area contributed by atoms with Crippen LogP contribution in [0.5, 0.6) is 17.2 Å². The van der Waals surface area contributed by atoms with Crippen LogP contribution in [-0.4, -0.2) is 31.8 Å². The summed E-state index contributed by atoms with van der Waals surface area (Å²) in [7, 11) is 1.46. The second kappa shape index (κ2) is 11.2. The number of benzene rings is 3. The smallest absolute Gasteiger partial charge is 0.343 e. The highest BCUT2D eigenvalue weighted by molar-refractivity contribution is 6.30. The highest BCUT2D eigenvalue weighted by Gasteiger charge is 2.13. The minimum atomic E-state index is -0.539. The maximum absolute atomic E-state index is 12.3. The average Bonchev–Trinajstić information content (AvgIpc) is 2.81. The average molecular weight is 467 g/mol. The normalized spacial score (nSPS) is 10.7. The molecule has 33 heavy (non-hydrogen) atoms. The lowest BCUT2D eigenvalue weighted by Gasteiger charge is -2.10. The Balaban J connectivity index is 1.56. The molecule has 0 radical (unpaired) electrons. The summed E-state index contributed by atoms with van der Waals surface area (Å²) in [6, 6.07) is 16.9. The van der Waals surface area contributed by atoms with Gasteiger partial charge in [0.1, 0.15) is 5.75 Å². The Morgan fingerprint density at radius 1 is 0.970 bits per heavy atom. The molecule has 3 aromatic rings. The van der Waals surface area contributed by atoms with Crippen molar-refractivity contribution in [1.29, 1.82) is 0 Å². The van der Waals surface area contributed by atoms with E-state index in [2.05, 4.69) is 10.5 Å². The summed E-state index contributed by atoms with van der Waals surface area (Å²) in [5.41, 5.74) is 5.63. The van der Waals surface area contributed by atoms with Crippen LogP contribution in [-0.2, 0) is 4.79 Å². The van der Waals surface area contributed by atoms with Crippen molar-refractivity contribution in [2.24, 2.45) is 5.10 Å². The van der Waals surface area contributed by atoms with Gasteiger partial charge in [-0.3, -0.25) is 4.79 Å². The minimum absolute atomic E-state index is 0.164. The summed E-state index contributed by atoms with van der Waals surface area (Å²) in [6.45, 7) is 3.82. The molecule has 170 valence electrons. The van der Waals surface area contributed by atoms with E-state index in [1.54, 1.807) is 42.5 Å². The van der Waals surface area contributed by atoms with E-state index in [1.807, 2.05) is 32.0 Å². The monoisotopic (exact) mass is 466 g/mol. The third-order valence-corrected chi connectivity index (χ3v) is 4.97. The molecule has 1 amide bonds. The lowest BCUT2D eigenvalue weighted by Crippen LogP contribution is -2.24. The number of esters is 1. The zero-order valence-corrected chi connectivity index (χ0v) is 19.2. The molecule has 0 spiro atoms. The van der Waals surface area contributed by atoms with E-state index in [4.69, 9.17) is 25.8 Å². The van der Waals surface area contributed by atoms with E-state index in [-0.39, 0.29) is 12.4 Å². The van der Waals surface area contributed by atoms with Gasteiger partial charge in [-0.2, -0.15) is 5.10 Å². The van der Waals surface area contributed by atoms with Gasteiger partial charge in [-0.05, 0) is 85.1 Å². The third kappa shape index (κ3) is 6.82. The molecule has 3 aromatic carbocycles.